The number of benzene rings is 1. The molecule has 7 heteroatoms. The van der Waals surface area contributed by atoms with Gasteiger partial charge in [-0.2, -0.15) is 0 Å². The van der Waals surface area contributed by atoms with Crippen LogP contribution in [0.4, 0.5) is 0 Å². The Balaban J connectivity index is 1.88. The molecule has 1 aliphatic rings. The van der Waals surface area contributed by atoms with E-state index in [0.717, 1.165) is 6.42 Å². The molecule has 7 nitrogen and oxygen atoms in total. The van der Waals surface area contributed by atoms with Crippen molar-refractivity contribution in [1.29, 1.82) is 0 Å². The minimum atomic E-state index is -0.202. The van der Waals surface area contributed by atoms with Crippen LogP contribution in [0.2, 0.25) is 0 Å². The predicted octanol–water partition coefficient (Wildman–Crippen LogP) is 1.47. The smallest absolute Gasteiger partial charge is 0.272 e. The van der Waals surface area contributed by atoms with E-state index in [9.17, 15) is 9.59 Å². The molecule has 1 saturated heterocycles. The maximum Gasteiger partial charge on any atom is 0.272 e. The Bertz CT molecular complexity index is 694. The van der Waals surface area contributed by atoms with Crippen LogP contribution in [0.1, 0.15) is 30.6 Å². The van der Waals surface area contributed by atoms with Crippen LogP contribution in [0, 0.1) is 5.92 Å². The van der Waals surface area contributed by atoms with Gasteiger partial charge >= 0.3 is 0 Å². The standard InChI is InChI=1S/C14H16N4O3/c1-9(2)13(19)17-6-3-7-18(17)14(20)10-4-5-11-12(8-10)16-21-15-11/h4-5,8-9H,3,6-7H2,1-2H3. The summed E-state index contributed by atoms with van der Waals surface area (Å²) in [5.41, 5.74) is 1.60. The molecule has 1 aliphatic heterocycles. The second-order valence-electron chi connectivity index (χ2n) is 5.37. The molecular formula is C14H16N4O3. The van der Waals surface area contributed by atoms with E-state index >= 15 is 0 Å². The Hall–Kier alpha value is -2.44. The summed E-state index contributed by atoms with van der Waals surface area (Å²) < 4.78 is 4.63. The molecule has 2 amide bonds. The van der Waals surface area contributed by atoms with Crippen molar-refractivity contribution in [2.24, 2.45) is 5.92 Å². The van der Waals surface area contributed by atoms with E-state index in [1.807, 2.05) is 13.8 Å². The lowest BCUT2D eigenvalue weighted by Gasteiger charge is -2.29. The molecule has 3 rings (SSSR count). The summed E-state index contributed by atoms with van der Waals surface area (Å²) in [5, 5.41) is 10.5. The third-order valence-corrected chi connectivity index (χ3v) is 3.51. The minimum absolute atomic E-state index is 0.0370. The maximum atomic E-state index is 12.6. The molecule has 0 unspecified atom stereocenters. The Morgan fingerprint density at radius 2 is 1.86 bits per heavy atom. The van der Waals surface area contributed by atoms with Crippen molar-refractivity contribution in [3.05, 3.63) is 23.8 Å². The number of hydrogen-bond donors (Lipinski definition) is 0. The zero-order valence-corrected chi connectivity index (χ0v) is 11.9. The number of hydrazine groups is 1. The number of amides is 2. The molecule has 1 fully saturated rings. The number of aromatic nitrogens is 2. The molecule has 110 valence electrons. The van der Waals surface area contributed by atoms with E-state index in [-0.39, 0.29) is 17.7 Å². The first kappa shape index (κ1) is 13.5. The van der Waals surface area contributed by atoms with Crippen LogP contribution in [0.15, 0.2) is 22.8 Å². The van der Waals surface area contributed by atoms with Gasteiger partial charge in [0, 0.05) is 24.6 Å². The summed E-state index contributed by atoms with van der Waals surface area (Å²) in [6.07, 6.45) is 0.790. The number of carbonyl (C=O) groups excluding carboxylic acids is 2. The summed E-state index contributed by atoms with van der Waals surface area (Å²) in [4.78, 5) is 24.8. The van der Waals surface area contributed by atoms with Crippen molar-refractivity contribution >= 4 is 22.8 Å². The molecule has 0 atom stereocenters. The lowest BCUT2D eigenvalue weighted by molar-refractivity contribution is -0.143. The van der Waals surface area contributed by atoms with Gasteiger partial charge in [-0.05, 0) is 34.9 Å². The topological polar surface area (TPSA) is 79.5 Å². The first-order valence-electron chi connectivity index (χ1n) is 6.93. The van der Waals surface area contributed by atoms with Crippen molar-refractivity contribution in [2.75, 3.05) is 13.1 Å². The average molecular weight is 288 g/mol. The van der Waals surface area contributed by atoms with E-state index < -0.39 is 0 Å². The molecule has 2 heterocycles. The summed E-state index contributed by atoms with van der Waals surface area (Å²) in [6.45, 7) is 4.79. The summed E-state index contributed by atoms with van der Waals surface area (Å²) in [6, 6.07) is 4.99. The minimum Gasteiger partial charge on any atom is -0.273 e. The molecule has 0 bridgehead atoms. The Labute approximate surface area is 121 Å². The van der Waals surface area contributed by atoms with Gasteiger partial charge in [0.05, 0.1) is 0 Å². The number of rotatable bonds is 2. The third kappa shape index (κ3) is 2.35. The van der Waals surface area contributed by atoms with Crippen LogP contribution in [0.25, 0.3) is 11.0 Å². The predicted molar refractivity (Wildman–Crippen MR) is 74.0 cm³/mol. The highest BCUT2D eigenvalue weighted by molar-refractivity contribution is 5.98. The normalized spacial score (nSPS) is 15.2. The zero-order chi connectivity index (χ0) is 15.0. The molecule has 0 spiro atoms. The lowest BCUT2D eigenvalue weighted by atomic mass is 10.2. The highest BCUT2D eigenvalue weighted by Gasteiger charge is 2.32. The van der Waals surface area contributed by atoms with Gasteiger partial charge in [0.1, 0.15) is 11.0 Å². The summed E-state index contributed by atoms with van der Waals surface area (Å²) in [5.74, 6) is -0.378. The van der Waals surface area contributed by atoms with Gasteiger partial charge in [0.15, 0.2) is 0 Å². The van der Waals surface area contributed by atoms with E-state index in [0.29, 0.717) is 29.7 Å². The van der Waals surface area contributed by atoms with Gasteiger partial charge in [-0.15, -0.1) is 0 Å². The fourth-order valence-corrected chi connectivity index (χ4v) is 2.41. The first-order valence-corrected chi connectivity index (χ1v) is 6.93. The zero-order valence-electron chi connectivity index (χ0n) is 11.9. The Morgan fingerprint density at radius 3 is 2.62 bits per heavy atom. The second-order valence-corrected chi connectivity index (χ2v) is 5.37. The third-order valence-electron chi connectivity index (χ3n) is 3.51. The number of fused-ring (bicyclic) bond motifs is 1. The number of carbonyl (C=O) groups is 2. The van der Waals surface area contributed by atoms with Gasteiger partial charge in [-0.25, -0.2) is 9.64 Å². The molecular weight excluding hydrogens is 272 g/mol. The van der Waals surface area contributed by atoms with Gasteiger partial charge in [0.2, 0.25) is 5.91 Å². The maximum absolute atomic E-state index is 12.6. The van der Waals surface area contributed by atoms with Crippen LogP contribution in [0.3, 0.4) is 0 Å². The van der Waals surface area contributed by atoms with Gasteiger partial charge in [-0.1, -0.05) is 13.8 Å². The van der Waals surface area contributed by atoms with Crippen LogP contribution in [0.5, 0.6) is 0 Å². The van der Waals surface area contributed by atoms with Crippen molar-refractivity contribution in [3.8, 4) is 0 Å². The average Bonchev–Trinajstić information content (AvgIpc) is 3.13. The molecule has 2 aromatic rings. The van der Waals surface area contributed by atoms with Crippen LogP contribution in [-0.4, -0.2) is 45.2 Å². The largest absolute Gasteiger partial charge is 0.273 e. The fraction of sp³-hybridized carbons (Fsp3) is 0.429. The summed E-state index contributed by atoms with van der Waals surface area (Å²) >= 11 is 0. The molecule has 21 heavy (non-hydrogen) atoms. The Kier molecular flexibility index (Phi) is 3.32. The SMILES string of the molecule is CC(C)C(=O)N1CCCN1C(=O)c1ccc2nonc2c1. The highest BCUT2D eigenvalue weighted by atomic mass is 16.6. The molecule has 0 aliphatic carbocycles. The second kappa shape index (κ2) is 5.16. The molecule has 0 radical (unpaired) electrons. The van der Waals surface area contributed by atoms with E-state index in [2.05, 4.69) is 14.9 Å². The lowest BCUT2D eigenvalue weighted by Crippen LogP contribution is -2.46. The van der Waals surface area contributed by atoms with Crippen LogP contribution < -0.4 is 0 Å². The van der Waals surface area contributed by atoms with E-state index in [1.165, 1.54) is 10.0 Å². The Morgan fingerprint density at radius 1 is 1.14 bits per heavy atom. The van der Waals surface area contributed by atoms with E-state index in [1.54, 1.807) is 18.2 Å². The van der Waals surface area contributed by atoms with Crippen molar-refractivity contribution < 1.29 is 14.2 Å². The molecule has 1 aromatic carbocycles. The van der Waals surface area contributed by atoms with Crippen LogP contribution in [-0.2, 0) is 4.79 Å². The fourth-order valence-electron chi connectivity index (χ4n) is 2.41. The highest BCUT2D eigenvalue weighted by Crippen LogP contribution is 2.19. The van der Waals surface area contributed by atoms with Gasteiger partial charge < -0.3 is 0 Å². The molecule has 1 aromatic heterocycles. The molecule has 0 saturated carbocycles. The quantitative estimate of drug-likeness (QED) is 0.836. The monoisotopic (exact) mass is 288 g/mol. The van der Waals surface area contributed by atoms with Crippen molar-refractivity contribution in [1.82, 2.24) is 20.3 Å². The van der Waals surface area contributed by atoms with E-state index in [4.69, 9.17) is 0 Å². The first-order chi connectivity index (χ1) is 10.1. The molecule has 0 N–H and O–H groups in total. The van der Waals surface area contributed by atoms with Gasteiger partial charge in [0.25, 0.3) is 5.91 Å². The van der Waals surface area contributed by atoms with Gasteiger partial charge in [-0.3, -0.25) is 14.6 Å². The number of nitrogens with zero attached hydrogens (tertiary/aromatic N) is 4. The summed E-state index contributed by atoms with van der Waals surface area (Å²) in [7, 11) is 0. The van der Waals surface area contributed by atoms with Crippen LogP contribution >= 0.6 is 0 Å². The van der Waals surface area contributed by atoms with Crippen molar-refractivity contribution in [3.63, 3.8) is 0 Å². The number of hydrogen-bond acceptors (Lipinski definition) is 5. The van der Waals surface area contributed by atoms with Crippen molar-refractivity contribution in [2.45, 2.75) is 20.3 Å².